The van der Waals surface area contributed by atoms with Crippen molar-refractivity contribution in [3.05, 3.63) is 103 Å². The lowest BCUT2D eigenvalue weighted by Crippen LogP contribution is -2.68. The number of nitrogens with zero attached hydrogens (tertiary/aromatic N) is 2. The highest BCUT2D eigenvalue weighted by atomic mass is 28.4. The monoisotopic (exact) mass is 667 g/mol. The van der Waals surface area contributed by atoms with E-state index in [1.54, 1.807) is 11.1 Å². The second-order valence-corrected chi connectivity index (χ2v) is 19.4. The summed E-state index contributed by atoms with van der Waals surface area (Å²) in [6.07, 6.45) is 0.342. The second kappa shape index (κ2) is 13.8. The van der Waals surface area contributed by atoms with Crippen LogP contribution in [0.3, 0.4) is 0 Å². The summed E-state index contributed by atoms with van der Waals surface area (Å²) in [5.41, 5.74) is -0.773. The summed E-state index contributed by atoms with van der Waals surface area (Å²) in [5, 5.41) is 7.19. The fourth-order valence-corrected chi connectivity index (χ4v) is 11.2. The number of fused-ring (bicyclic) bond motifs is 1. The highest BCUT2D eigenvalue weighted by Gasteiger charge is 2.51. The Labute approximate surface area is 285 Å². The molecule has 2 heterocycles. The molecule has 0 saturated carbocycles. The average Bonchev–Trinajstić information content (AvgIpc) is 3.04. The number of rotatable bonds is 8. The average molecular weight is 668 g/mol. The van der Waals surface area contributed by atoms with Crippen LogP contribution in [0.4, 0.5) is 4.79 Å². The van der Waals surface area contributed by atoms with Gasteiger partial charge in [0.05, 0.1) is 37.0 Å². The van der Waals surface area contributed by atoms with Crippen molar-refractivity contribution in [2.45, 2.75) is 83.7 Å². The fraction of sp³-hybridized carbons (Fsp3) is 0.410. The van der Waals surface area contributed by atoms with Crippen molar-refractivity contribution in [2.24, 2.45) is 0 Å². The van der Waals surface area contributed by atoms with Crippen molar-refractivity contribution in [2.75, 3.05) is 19.8 Å². The van der Waals surface area contributed by atoms with Crippen LogP contribution in [0.15, 0.2) is 97.2 Å². The van der Waals surface area contributed by atoms with Crippen molar-refractivity contribution < 1.29 is 23.5 Å². The van der Waals surface area contributed by atoms with E-state index in [2.05, 4.69) is 55.3 Å². The van der Waals surface area contributed by atoms with Gasteiger partial charge < -0.3 is 19.2 Å². The number of hydrogen-bond acceptors (Lipinski definition) is 6. The number of pyridine rings is 1. The number of benzene rings is 3. The van der Waals surface area contributed by atoms with Gasteiger partial charge in [-0.25, -0.2) is 4.79 Å². The lowest BCUT2D eigenvalue weighted by Gasteiger charge is -2.46. The molecule has 1 aliphatic rings. The summed E-state index contributed by atoms with van der Waals surface area (Å²) in [6.45, 7) is 16.4. The number of aromatic nitrogens is 1. The number of amides is 2. The molecule has 1 N–H and O–H groups in total. The Hall–Kier alpha value is -4.05. The van der Waals surface area contributed by atoms with Crippen molar-refractivity contribution in [1.82, 2.24) is 15.2 Å². The molecule has 8 nitrogen and oxygen atoms in total. The van der Waals surface area contributed by atoms with Crippen molar-refractivity contribution in [3.63, 3.8) is 0 Å². The van der Waals surface area contributed by atoms with E-state index in [4.69, 9.17) is 13.9 Å². The van der Waals surface area contributed by atoms with Crippen LogP contribution in [0.1, 0.15) is 61.1 Å². The fourth-order valence-electron chi connectivity index (χ4n) is 6.59. The molecule has 1 saturated heterocycles. The predicted octanol–water partition coefficient (Wildman–Crippen LogP) is 6.17. The van der Waals surface area contributed by atoms with Crippen LogP contribution < -0.4 is 15.7 Å². The third-order valence-corrected chi connectivity index (χ3v) is 13.8. The van der Waals surface area contributed by atoms with E-state index in [1.807, 2.05) is 101 Å². The summed E-state index contributed by atoms with van der Waals surface area (Å²) in [7, 11) is -2.90. The number of hydrogen-bond donors (Lipinski definition) is 1. The Morgan fingerprint density at radius 2 is 1.44 bits per heavy atom. The molecule has 254 valence electrons. The lowest BCUT2D eigenvalue weighted by atomic mass is 9.94. The van der Waals surface area contributed by atoms with Crippen LogP contribution in [-0.2, 0) is 24.2 Å². The summed E-state index contributed by atoms with van der Waals surface area (Å²) < 4.78 is 19.3. The zero-order valence-electron chi connectivity index (χ0n) is 29.4. The molecule has 9 heteroatoms. The third-order valence-electron chi connectivity index (χ3n) is 8.82. The first-order valence-electron chi connectivity index (χ1n) is 16.6. The van der Waals surface area contributed by atoms with E-state index < -0.39 is 37.7 Å². The Balaban J connectivity index is 1.42. The first-order chi connectivity index (χ1) is 22.6. The molecule has 0 bridgehead atoms. The molecule has 1 fully saturated rings. The van der Waals surface area contributed by atoms with Crippen LogP contribution in [-0.4, -0.2) is 67.7 Å². The van der Waals surface area contributed by atoms with Gasteiger partial charge in [0.2, 0.25) is 0 Å². The van der Waals surface area contributed by atoms with Crippen LogP contribution >= 0.6 is 0 Å². The lowest BCUT2D eigenvalue weighted by molar-refractivity contribution is -0.144. The van der Waals surface area contributed by atoms with E-state index in [-0.39, 0.29) is 30.7 Å². The van der Waals surface area contributed by atoms with Gasteiger partial charge in [-0.05, 0) is 61.5 Å². The van der Waals surface area contributed by atoms with E-state index >= 15 is 0 Å². The zero-order chi connectivity index (χ0) is 34.7. The first-order valence-corrected chi connectivity index (χ1v) is 18.6. The largest absolute Gasteiger partial charge is 0.444 e. The SMILES string of the molecule is CC(C)(C)OC(=O)N1C[C@@H](C(=O)NC(C)(C)c2nccc3ccccc23)OC[C@H]1CO[Si](c1ccccc1)(c1ccccc1)C(C)(C)C. The van der Waals surface area contributed by atoms with Crippen LogP contribution in [0.2, 0.25) is 5.04 Å². The topological polar surface area (TPSA) is 90.0 Å². The Morgan fingerprint density at radius 1 is 0.854 bits per heavy atom. The van der Waals surface area contributed by atoms with E-state index in [9.17, 15) is 9.59 Å². The first kappa shape index (κ1) is 35.3. The Morgan fingerprint density at radius 3 is 2.02 bits per heavy atom. The van der Waals surface area contributed by atoms with Gasteiger partial charge >= 0.3 is 6.09 Å². The Kier molecular flexibility index (Phi) is 10.2. The highest BCUT2D eigenvalue weighted by Crippen LogP contribution is 2.37. The summed E-state index contributed by atoms with van der Waals surface area (Å²) in [5.74, 6) is -0.324. The van der Waals surface area contributed by atoms with Crippen LogP contribution in [0.5, 0.6) is 0 Å². The molecule has 48 heavy (non-hydrogen) atoms. The highest BCUT2D eigenvalue weighted by molar-refractivity contribution is 6.99. The van der Waals surface area contributed by atoms with Crippen molar-refractivity contribution in [3.8, 4) is 0 Å². The molecule has 0 aliphatic carbocycles. The minimum absolute atomic E-state index is 0.0224. The Bertz CT molecular complexity index is 1670. The normalized spacial score (nSPS) is 17.6. The van der Waals surface area contributed by atoms with E-state index in [0.717, 1.165) is 26.8 Å². The maximum absolute atomic E-state index is 13.8. The molecule has 4 aromatic rings. The summed E-state index contributed by atoms with van der Waals surface area (Å²) in [6, 6.07) is 30.2. The molecular formula is C39H49N3O5Si. The van der Waals surface area contributed by atoms with E-state index in [0.29, 0.717) is 0 Å². The van der Waals surface area contributed by atoms with Crippen LogP contribution in [0, 0.1) is 0 Å². The molecule has 2 amide bonds. The molecular weight excluding hydrogens is 619 g/mol. The van der Waals surface area contributed by atoms with Gasteiger partial charge in [-0.2, -0.15) is 0 Å². The minimum Gasteiger partial charge on any atom is -0.444 e. The van der Waals surface area contributed by atoms with Gasteiger partial charge in [-0.3, -0.25) is 14.7 Å². The van der Waals surface area contributed by atoms with Crippen molar-refractivity contribution >= 4 is 41.5 Å². The maximum atomic E-state index is 13.8. The number of carbonyl (C=O) groups excluding carboxylic acids is 2. The summed E-state index contributed by atoms with van der Waals surface area (Å²) in [4.78, 5) is 33.9. The molecule has 0 unspecified atom stereocenters. The van der Waals surface area contributed by atoms with Crippen molar-refractivity contribution in [1.29, 1.82) is 0 Å². The third kappa shape index (κ3) is 7.48. The van der Waals surface area contributed by atoms with Gasteiger partial charge in [-0.1, -0.05) is 106 Å². The molecule has 1 aliphatic heterocycles. The zero-order valence-corrected chi connectivity index (χ0v) is 30.4. The quantitative estimate of drug-likeness (QED) is 0.226. The summed E-state index contributed by atoms with van der Waals surface area (Å²) >= 11 is 0. The number of morpholine rings is 1. The molecule has 1 aromatic heterocycles. The second-order valence-electron chi connectivity index (χ2n) is 15.1. The van der Waals surface area contributed by atoms with Crippen LogP contribution in [0.25, 0.3) is 10.8 Å². The van der Waals surface area contributed by atoms with Gasteiger partial charge in [0.15, 0.2) is 6.10 Å². The number of ether oxygens (including phenoxy) is 2. The van der Waals surface area contributed by atoms with Gasteiger partial charge in [0.1, 0.15) is 5.60 Å². The molecule has 3 aromatic carbocycles. The number of carbonyl (C=O) groups is 2. The molecule has 0 spiro atoms. The molecule has 5 rings (SSSR count). The van der Waals surface area contributed by atoms with E-state index in [1.165, 1.54) is 0 Å². The smallest absolute Gasteiger partial charge is 0.410 e. The predicted molar refractivity (Wildman–Crippen MR) is 193 cm³/mol. The number of nitrogens with one attached hydrogen (secondary N) is 1. The maximum Gasteiger partial charge on any atom is 0.410 e. The molecule has 0 radical (unpaired) electrons. The minimum atomic E-state index is -2.90. The molecule has 2 atom stereocenters. The van der Waals surface area contributed by atoms with Gasteiger partial charge in [-0.15, -0.1) is 0 Å². The van der Waals surface area contributed by atoms with Gasteiger partial charge in [0.25, 0.3) is 14.2 Å². The standard InChI is InChI=1S/C39H49N3O5Si/c1-37(2,3)47-36(44)42-25-33(35(43)41-39(7,8)34-32-22-16-15-17-28(32)23-24-40-34)45-26-29(42)27-46-48(38(4,5)6,30-18-11-9-12-19-30)31-20-13-10-14-21-31/h9-24,29,33H,25-27H2,1-8H3,(H,41,43)/t29-,33-/m0/s1. The van der Waals surface area contributed by atoms with Gasteiger partial charge in [0, 0.05) is 11.6 Å².